The van der Waals surface area contributed by atoms with E-state index in [0.717, 1.165) is 28.9 Å². The number of fused-ring (bicyclic) bond motifs is 1. The van der Waals surface area contributed by atoms with E-state index in [1.54, 1.807) is 11.3 Å². The molecule has 0 N–H and O–H groups in total. The summed E-state index contributed by atoms with van der Waals surface area (Å²) in [6.45, 7) is 6.39. The third-order valence-corrected chi connectivity index (χ3v) is 5.19. The van der Waals surface area contributed by atoms with Crippen molar-refractivity contribution in [3.63, 3.8) is 0 Å². The molecule has 0 atom stereocenters. The average Bonchev–Trinajstić information content (AvgIpc) is 2.87. The van der Waals surface area contributed by atoms with Crippen molar-refractivity contribution in [3.8, 4) is 0 Å². The molecule has 0 aliphatic heterocycles. The maximum Gasteiger partial charge on any atom is 0.141 e. The number of benzene rings is 1. The molecule has 0 saturated heterocycles. The Labute approximate surface area is 133 Å². The Kier molecular flexibility index (Phi) is 3.96. The molecular weight excluding hydrogens is 300 g/mol. The summed E-state index contributed by atoms with van der Waals surface area (Å²) in [7, 11) is 0. The zero-order valence-electron chi connectivity index (χ0n) is 12.4. The van der Waals surface area contributed by atoms with Crippen molar-refractivity contribution in [1.82, 2.24) is 9.97 Å². The van der Waals surface area contributed by atoms with Gasteiger partial charge in [-0.15, -0.1) is 11.3 Å². The van der Waals surface area contributed by atoms with E-state index in [0.29, 0.717) is 5.15 Å². The van der Waals surface area contributed by atoms with Gasteiger partial charge in [0.1, 0.15) is 15.8 Å². The highest BCUT2D eigenvalue weighted by Gasteiger charge is 2.10. The van der Waals surface area contributed by atoms with E-state index in [2.05, 4.69) is 55.0 Å². The Morgan fingerprint density at radius 1 is 1.10 bits per heavy atom. The number of nitrogens with zero attached hydrogens (tertiary/aromatic N) is 2. The minimum atomic E-state index is 0.565. The van der Waals surface area contributed by atoms with Crippen molar-refractivity contribution in [2.75, 3.05) is 0 Å². The van der Waals surface area contributed by atoms with Gasteiger partial charge in [0.2, 0.25) is 0 Å². The van der Waals surface area contributed by atoms with Crippen molar-refractivity contribution in [2.45, 2.75) is 33.6 Å². The highest BCUT2D eigenvalue weighted by Crippen LogP contribution is 2.29. The second kappa shape index (κ2) is 5.74. The molecule has 2 heterocycles. The summed E-state index contributed by atoms with van der Waals surface area (Å²) in [5, 5.41) is 1.54. The van der Waals surface area contributed by atoms with E-state index in [1.807, 2.05) is 0 Å². The lowest BCUT2D eigenvalue weighted by molar-refractivity contribution is 0.994. The van der Waals surface area contributed by atoms with Crippen LogP contribution in [0.15, 0.2) is 24.3 Å². The van der Waals surface area contributed by atoms with Gasteiger partial charge in [0.25, 0.3) is 0 Å². The standard InChI is InChI=1S/C17H17ClN2S/c1-4-13-9-14-16(18)19-15(20-17(14)21-13)8-12-6-5-10(2)11(3)7-12/h5-7,9H,4,8H2,1-3H3. The molecule has 2 nitrogen and oxygen atoms in total. The lowest BCUT2D eigenvalue weighted by Gasteiger charge is -2.05. The fourth-order valence-corrected chi connectivity index (χ4v) is 3.61. The molecular formula is C17H17ClN2S. The van der Waals surface area contributed by atoms with Crippen LogP contribution in [0.5, 0.6) is 0 Å². The first kappa shape index (κ1) is 14.5. The molecule has 0 unspecified atom stereocenters. The van der Waals surface area contributed by atoms with Gasteiger partial charge in [0.15, 0.2) is 0 Å². The van der Waals surface area contributed by atoms with Gasteiger partial charge in [0, 0.05) is 16.7 Å². The molecule has 0 aliphatic carbocycles. The second-order valence-corrected chi connectivity index (χ2v) is 6.78. The number of aryl methyl sites for hydroxylation is 3. The molecule has 0 radical (unpaired) electrons. The molecule has 0 saturated carbocycles. The zero-order valence-corrected chi connectivity index (χ0v) is 14.0. The van der Waals surface area contributed by atoms with Gasteiger partial charge in [-0.3, -0.25) is 0 Å². The van der Waals surface area contributed by atoms with Crippen molar-refractivity contribution in [1.29, 1.82) is 0 Å². The molecule has 0 fully saturated rings. The monoisotopic (exact) mass is 316 g/mol. The molecule has 0 spiro atoms. The lowest BCUT2D eigenvalue weighted by atomic mass is 10.0. The van der Waals surface area contributed by atoms with Gasteiger partial charge in [-0.25, -0.2) is 9.97 Å². The lowest BCUT2D eigenvalue weighted by Crippen LogP contribution is -1.97. The minimum absolute atomic E-state index is 0.565. The van der Waals surface area contributed by atoms with Crippen molar-refractivity contribution in [3.05, 3.63) is 56.8 Å². The summed E-state index contributed by atoms with van der Waals surface area (Å²) in [4.78, 5) is 11.4. The molecule has 0 aliphatic rings. The number of thiophene rings is 1. The van der Waals surface area contributed by atoms with Crippen LogP contribution >= 0.6 is 22.9 Å². The Hall–Kier alpha value is -1.45. The number of hydrogen-bond donors (Lipinski definition) is 0. The van der Waals surface area contributed by atoms with Crippen molar-refractivity contribution in [2.24, 2.45) is 0 Å². The first-order valence-corrected chi connectivity index (χ1v) is 8.27. The summed E-state index contributed by atoms with van der Waals surface area (Å²) in [6.07, 6.45) is 1.72. The third kappa shape index (κ3) is 2.94. The van der Waals surface area contributed by atoms with E-state index in [9.17, 15) is 0 Å². The van der Waals surface area contributed by atoms with Crippen LogP contribution in [0.4, 0.5) is 0 Å². The van der Waals surface area contributed by atoms with Gasteiger partial charge < -0.3 is 0 Å². The van der Waals surface area contributed by atoms with Crippen molar-refractivity contribution < 1.29 is 0 Å². The van der Waals surface area contributed by atoms with Gasteiger partial charge in [-0.2, -0.15) is 0 Å². The van der Waals surface area contributed by atoms with Crippen LogP contribution in [0.2, 0.25) is 5.15 Å². The van der Waals surface area contributed by atoms with Crippen LogP contribution in [0.25, 0.3) is 10.2 Å². The number of hydrogen-bond acceptors (Lipinski definition) is 3. The van der Waals surface area contributed by atoms with Crippen LogP contribution in [0, 0.1) is 13.8 Å². The summed E-state index contributed by atoms with van der Waals surface area (Å²) >= 11 is 8.02. The molecule has 3 aromatic rings. The molecule has 21 heavy (non-hydrogen) atoms. The topological polar surface area (TPSA) is 25.8 Å². The van der Waals surface area contributed by atoms with Crippen LogP contribution in [0.1, 0.15) is 34.3 Å². The average molecular weight is 317 g/mol. The Bertz CT molecular complexity index is 808. The largest absolute Gasteiger partial charge is 0.222 e. The number of rotatable bonds is 3. The van der Waals surface area contributed by atoms with Crippen LogP contribution in [0.3, 0.4) is 0 Å². The first-order valence-electron chi connectivity index (χ1n) is 7.07. The third-order valence-electron chi connectivity index (χ3n) is 3.73. The van der Waals surface area contributed by atoms with Gasteiger partial charge >= 0.3 is 0 Å². The Morgan fingerprint density at radius 2 is 1.90 bits per heavy atom. The first-order chi connectivity index (χ1) is 10.1. The number of aromatic nitrogens is 2. The van der Waals surface area contributed by atoms with Crippen molar-refractivity contribution >= 4 is 33.2 Å². The van der Waals surface area contributed by atoms with Crippen LogP contribution in [-0.2, 0) is 12.8 Å². The molecule has 2 aromatic heterocycles. The summed E-state index contributed by atoms with van der Waals surface area (Å²) in [6, 6.07) is 8.58. The Morgan fingerprint density at radius 3 is 2.62 bits per heavy atom. The van der Waals surface area contributed by atoms with E-state index < -0.39 is 0 Å². The Balaban J connectivity index is 1.98. The summed E-state index contributed by atoms with van der Waals surface area (Å²) in [5.41, 5.74) is 3.82. The fourth-order valence-electron chi connectivity index (χ4n) is 2.33. The predicted molar refractivity (Wildman–Crippen MR) is 90.5 cm³/mol. The highest BCUT2D eigenvalue weighted by atomic mass is 35.5. The normalized spacial score (nSPS) is 11.2. The van der Waals surface area contributed by atoms with E-state index in [4.69, 9.17) is 11.6 Å². The van der Waals surface area contributed by atoms with Gasteiger partial charge in [-0.1, -0.05) is 36.7 Å². The van der Waals surface area contributed by atoms with E-state index in [-0.39, 0.29) is 0 Å². The van der Waals surface area contributed by atoms with E-state index in [1.165, 1.54) is 21.6 Å². The predicted octanol–water partition coefficient (Wildman–Crippen LogP) is 5.11. The quantitative estimate of drug-likeness (QED) is 0.627. The zero-order chi connectivity index (χ0) is 15.0. The van der Waals surface area contributed by atoms with Gasteiger partial charge in [0.05, 0.1) is 0 Å². The molecule has 0 bridgehead atoms. The van der Waals surface area contributed by atoms with Gasteiger partial charge in [-0.05, 0) is 43.0 Å². The molecule has 4 heteroatoms. The number of halogens is 1. The second-order valence-electron chi connectivity index (χ2n) is 5.31. The van der Waals surface area contributed by atoms with Crippen LogP contribution < -0.4 is 0 Å². The maximum absolute atomic E-state index is 6.31. The smallest absolute Gasteiger partial charge is 0.141 e. The SMILES string of the molecule is CCc1cc2c(Cl)nc(Cc3ccc(C)c(C)c3)nc2s1. The van der Waals surface area contributed by atoms with Crippen LogP contribution in [-0.4, -0.2) is 9.97 Å². The molecule has 3 rings (SSSR count). The van der Waals surface area contributed by atoms with E-state index >= 15 is 0 Å². The molecule has 1 aromatic carbocycles. The maximum atomic E-state index is 6.31. The summed E-state index contributed by atoms with van der Waals surface area (Å²) < 4.78 is 0. The highest BCUT2D eigenvalue weighted by molar-refractivity contribution is 7.18. The summed E-state index contributed by atoms with van der Waals surface area (Å²) in [5.74, 6) is 0.792. The minimum Gasteiger partial charge on any atom is -0.222 e. The molecule has 108 valence electrons. The molecule has 0 amide bonds. The fraction of sp³-hybridized carbons (Fsp3) is 0.294.